The maximum Gasteiger partial charge on any atom is 0.351 e. The molecule has 2 aromatic heterocycles. The van der Waals surface area contributed by atoms with Crippen LogP contribution in [0, 0.1) is 17.7 Å². The third kappa shape index (κ3) is 5.73. The number of nitrogens with one attached hydrogen (secondary N) is 1. The van der Waals surface area contributed by atoms with Gasteiger partial charge in [-0.15, -0.1) is 5.10 Å². The van der Waals surface area contributed by atoms with Crippen molar-refractivity contribution in [2.24, 2.45) is 11.8 Å². The molecule has 4 atom stereocenters. The highest BCUT2D eigenvalue weighted by atomic mass is 19.1. The Bertz CT molecular complexity index is 1630. The monoisotopic (exact) mass is 620 g/mol. The zero-order valence-electron chi connectivity index (χ0n) is 26.8. The van der Waals surface area contributed by atoms with E-state index in [2.05, 4.69) is 37.9 Å². The highest BCUT2D eigenvalue weighted by Crippen LogP contribution is 2.42. The molecule has 3 aromatic rings. The summed E-state index contributed by atoms with van der Waals surface area (Å²) in [5, 5.41) is 8.46. The number of ether oxygens (including phenoxy) is 2. The lowest BCUT2D eigenvalue weighted by atomic mass is 9.83. The first-order chi connectivity index (χ1) is 21.6. The summed E-state index contributed by atoms with van der Waals surface area (Å²) in [5.41, 5.74) is 3.21. The first-order valence-electron chi connectivity index (χ1n) is 16.4. The molecule has 11 heteroatoms. The Morgan fingerprint density at radius 3 is 2.62 bits per heavy atom. The average molecular weight is 621 g/mol. The Balaban J connectivity index is 1.24. The van der Waals surface area contributed by atoms with Crippen LogP contribution >= 0.6 is 0 Å². The van der Waals surface area contributed by atoms with Gasteiger partial charge in [0.15, 0.2) is 5.65 Å². The fourth-order valence-electron chi connectivity index (χ4n) is 7.73. The number of amides is 1. The van der Waals surface area contributed by atoms with Crippen LogP contribution < -0.4 is 15.9 Å². The van der Waals surface area contributed by atoms with Gasteiger partial charge in [0.2, 0.25) is 5.91 Å². The van der Waals surface area contributed by atoms with Crippen LogP contribution in [0.3, 0.4) is 0 Å². The number of carbonyl (C=O) groups is 1. The molecule has 0 spiro atoms. The molecule has 3 saturated heterocycles. The van der Waals surface area contributed by atoms with Gasteiger partial charge < -0.3 is 19.7 Å². The molecule has 1 N–H and O–H groups in total. The molecule has 0 saturated carbocycles. The molecule has 6 heterocycles. The summed E-state index contributed by atoms with van der Waals surface area (Å²) in [6, 6.07) is 8.90. The number of halogens is 1. The van der Waals surface area contributed by atoms with E-state index in [0.717, 1.165) is 61.7 Å². The highest BCUT2D eigenvalue weighted by Gasteiger charge is 2.43. The Morgan fingerprint density at radius 2 is 1.91 bits per heavy atom. The van der Waals surface area contributed by atoms with Crippen LogP contribution in [0.1, 0.15) is 63.4 Å². The number of pyridine rings is 1. The largest absolute Gasteiger partial charge is 0.381 e. The molecule has 7 rings (SSSR count). The van der Waals surface area contributed by atoms with E-state index in [0.29, 0.717) is 56.2 Å². The van der Waals surface area contributed by atoms with Gasteiger partial charge in [-0.05, 0) is 55.4 Å². The molecule has 0 aliphatic carbocycles. The van der Waals surface area contributed by atoms with Gasteiger partial charge in [0, 0.05) is 62.3 Å². The van der Waals surface area contributed by atoms with Gasteiger partial charge in [-0.25, -0.2) is 18.3 Å². The predicted molar refractivity (Wildman–Crippen MR) is 169 cm³/mol. The minimum atomic E-state index is -0.473. The molecular formula is C34H45FN6O4. The number of benzene rings is 1. The van der Waals surface area contributed by atoms with E-state index >= 15 is 0 Å². The van der Waals surface area contributed by atoms with E-state index in [1.165, 1.54) is 16.8 Å². The van der Waals surface area contributed by atoms with Crippen LogP contribution in [0.5, 0.6) is 0 Å². The van der Waals surface area contributed by atoms with Gasteiger partial charge >= 0.3 is 5.69 Å². The fourth-order valence-corrected chi connectivity index (χ4v) is 7.73. The number of hydrogen-bond donors (Lipinski definition) is 1. The number of anilines is 1. The van der Waals surface area contributed by atoms with E-state index in [1.807, 2.05) is 11.0 Å². The van der Waals surface area contributed by atoms with Gasteiger partial charge in [-0.1, -0.05) is 32.9 Å². The number of aromatic nitrogens is 3. The lowest BCUT2D eigenvalue weighted by molar-refractivity contribution is -0.121. The summed E-state index contributed by atoms with van der Waals surface area (Å²) in [6.07, 6.45) is 2.56. The van der Waals surface area contributed by atoms with Gasteiger partial charge in [-0.2, -0.15) is 0 Å². The van der Waals surface area contributed by atoms with E-state index in [4.69, 9.17) is 14.6 Å². The molecule has 45 heavy (non-hydrogen) atoms. The Labute approximate surface area is 263 Å². The number of nitrogens with zero attached hydrogens (tertiary/aromatic N) is 5. The molecule has 242 valence electrons. The SMILES string of the molecule is C[C@@H]1CN(CC(=O)N2CC(C)(C)c3c2cc(Cc2ccc(F)cc2)c2nn(C4COC4)c(=O)n32)[C@@H](CC2CCOC[C@H]2C)CN1. The number of carbonyl (C=O) groups excluding carboxylic acids is 1. The quantitative estimate of drug-likeness (QED) is 0.434. The van der Waals surface area contributed by atoms with Crippen molar-refractivity contribution in [3.05, 3.63) is 63.5 Å². The third-order valence-electron chi connectivity index (χ3n) is 10.4. The molecule has 4 aliphatic heterocycles. The zero-order valence-corrected chi connectivity index (χ0v) is 26.8. The van der Waals surface area contributed by atoms with Crippen molar-refractivity contribution < 1.29 is 18.7 Å². The second-order valence-corrected chi connectivity index (χ2v) is 14.4. The fraction of sp³-hybridized carbons (Fsp3) is 0.618. The summed E-state index contributed by atoms with van der Waals surface area (Å²) in [7, 11) is 0. The summed E-state index contributed by atoms with van der Waals surface area (Å²) >= 11 is 0. The second-order valence-electron chi connectivity index (χ2n) is 14.4. The molecule has 0 radical (unpaired) electrons. The Kier molecular flexibility index (Phi) is 8.08. The van der Waals surface area contributed by atoms with Crippen LogP contribution in [-0.2, 0) is 26.1 Å². The minimum Gasteiger partial charge on any atom is -0.381 e. The molecule has 1 unspecified atom stereocenters. The minimum absolute atomic E-state index is 0.0425. The summed E-state index contributed by atoms with van der Waals surface area (Å²) in [6.45, 7) is 13.6. The van der Waals surface area contributed by atoms with E-state index in [-0.39, 0.29) is 29.5 Å². The lowest BCUT2D eigenvalue weighted by Gasteiger charge is -2.42. The van der Waals surface area contributed by atoms with Crippen molar-refractivity contribution in [3.63, 3.8) is 0 Å². The molecule has 1 aromatic carbocycles. The van der Waals surface area contributed by atoms with Crippen molar-refractivity contribution in [1.82, 2.24) is 24.4 Å². The van der Waals surface area contributed by atoms with Gasteiger partial charge in [0.1, 0.15) is 11.9 Å². The third-order valence-corrected chi connectivity index (χ3v) is 10.4. The van der Waals surface area contributed by atoms with E-state index < -0.39 is 5.41 Å². The molecule has 10 nitrogen and oxygen atoms in total. The lowest BCUT2D eigenvalue weighted by Crippen LogP contribution is -2.58. The van der Waals surface area contributed by atoms with Gasteiger partial charge in [0.25, 0.3) is 0 Å². The van der Waals surface area contributed by atoms with Crippen LogP contribution in [0.2, 0.25) is 0 Å². The molecule has 3 fully saturated rings. The molecular weight excluding hydrogens is 575 g/mol. The maximum atomic E-state index is 14.3. The van der Waals surface area contributed by atoms with Crippen molar-refractivity contribution in [1.29, 1.82) is 0 Å². The Morgan fingerprint density at radius 1 is 1.13 bits per heavy atom. The number of fused-ring (bicyclic) bond motifs is 3. The highest BCUT2D eigenvalue weighted by molar-refractivity contribution is 5.97. The average Bonchev–Trinajstić information content (AvgIpc) is 3.44. The molecule has 0 bridgehead atoms. The standard InChI is InChI=1S/C34H45FN6O4/c1-21-17-44-10-9-24(21)12-27-14-36-22(2)15-38(27)16-30(42)39-20-34(3,4)31-29(39)13-25(11-23-5-7-26(35)8-6-23)32-37-41(28-18-45-19-28)33(43)40(31)32/h5-8,13,21-22,24,27-28,36H,9-12,14-20H2,1-4H3/t21-,22-,24?,27+/m1/s1. The van der Waals surface area contributed by atoms with Crippen LogP contribution in [0.4, 0.5) is 10.1 Å². The molecule has 1 amide bonds. The van der Waals surface area contributed by atoms with Crippen LogP contribution in [-0.4, -0.2) is 89.7 Å². The van der Waals surface area contributed by atoms with Crippen LogP contribution in [0.25, 0.3) is 5.65 Å². The first-order valence-corrected chi connectivity index (χ1v) is 16.4. The van der Waals surface area contributed by atoms with Crippen molar-refractivity contribution >= 4 is 17.2 Å². The Hall–Kier alpha value is -3.12. The van der Waals surface area contributed by atoms with Gasteiger partial charge in [-0.3, -0.25) is 9.69 Å². The summed E-state index contributed by atoms with van der Waals surface area (Å²) in [4.78, 5) is 32.6. The van der Waals surface area contributed by atoms with Crippen molar-refractivity contribution in [2.75, 3.05) is 57.5 Å². The second kappa shape index (κ2) is 11.9. The van der Waals surface area contributed by atoms with Crippen molar-refractivity contribution in [2.45, 2.75) is 70.5 Å². The van der Waals surface area contributed by atoms with Crippen molar-refractivity contribution in [3.8, 4) is 0 Å². The summed E-state index contributed by atoms with van der Waals surface area (Å²) in [5.74, 6) is 0.832. The van der Waals surface area contributed by atoms with Gasteiger partial charge in [0.05, 0.1) is 31.1 Å². The normalized spacial score (nSPS) is 27.1. The zero-order chi connectivity index (χ0) is 31.5. The molecule has 4 aliphatic rings. The number of rotatable bonds is 7. The van der Waals surface area contributed by atoms with Crippen LogP contribution in [0.15, 0.2) is 35.1 Å². The number of hydrogen-bond acceptors (Lipinski definition) is 7. The first kappa shape index (κ1) is 30.5. The number of piperazine rings is 1. The smallest absolute Gasteiger partial charge is 0.351 e. The predicted octanol–water partition coefficient (Wildman–Crippen LogP) is 3.15. The summed E-state index contributed by atoms with van der Waals surface area (Å²) < 4.78 is 28.1. The topological polar surface area (TPSA) is 93.3 Å². The maximum absolute atomic E-state index is 14.3. The van der Waals surface area contributed by atoms with E-state index in [9.17, 15) is 14.0 Å². The van der Waals surface area contributed by atoms with E-state index in [1.54, 1.807) is 16.5 Å².